The van der Waals surface area contributed by atoms with Gasteiger partial charge in [0.25, 0.3) is 11.8 Å². The van der Waals surface area contributed by atoms with Crippen molar-refractivity contribution in [3.8, 4) is 11.5 Å². The van der Waals surface area contributed by atoms with Crippen molar-refractivity contribution < 1.29 is 19.1 Å². The van der Waals surface area contributed by atoms with Crippen molar-refractivity contribution in [2.45, 2.75) is 6.54 Å². The molecule has 0 atom stereocenters. The van der Waals surface area contributed by atoms with Crippen molar-refractivity contribution in [2.75, 3.05) is 27.8 Å². The average molecular weight is 342 g/mol. The van der Waals surface area contributed by atoms with Gasteiger partial charge in [-0.1, -0.05) is 12.1 Å². The Hall–Kier alpha value is -3.02. The first-order chi connectivity index (χ1) is 12.0. The predicted octanol–water partition coefficient (Wildman–Crippen LogP) is 2.09. The SMILES string of the molecule is CNC(=O)c1ccc(CN(C)C(=O)COc2ccc(OC)cc2)cc1. The molecule has 2 rings (SSSR count). The number of nitrogens with one attached hydrogen (secondary N) is 1. The van der Waals surface area contributed by atoms with E-state index in [4.69, 9.17) is 9.47 Å². The summed E-state index contributed by atoms with van der Waals surface area (Å²) in [6.45, 7) is 0.401. The molecule has 6 heteroatoms. The van der Waals surface area contributed by atoms with Crippen molar-refractivity contribution in [2.24, 2.45) is 0 Å². The molecule has 0 saturated heterocycles. The van der Waals surface area contributed by atoms with Crippen LogP contribution in [0.2, 0.25) is 0 Å². The van der Waals surface area contributed by atoms with E-state index in [1.54, 1.807) is 62.5 Å². The van der Waals surface area contributed by atoms with E-state index in [1.165, 1.54) is 0 Å². The highest BCUT2D eigenvalue weighted by atomic mass is 16.5. The summed E-state index contributed by atoms with van der Waals surface area (Å²) >= 11 is 0. The molecule has 132 valence electrons. The molecule has 0 bridgehead atoms. The molecule has 0 spiro atoms. The summed E-state index contributed by atoms with van der Waals surface area (Å²) in [7, 11) is 4.90. The lowest BCUT2D eigenvalue weighted by atomic mass is 10.1. The van der Waals surface area contributed by atoms with Gasteiger partial charge in [-0.05, 0) is 42.0 Å². The van der Waals surface area contributed by atoms with Crippen LogP contribution in [0.3, 0.4) is 0 Å². The number of carbonyl (C=O) groups excluding carboxylic acids is 2. The van der Waals surface area contributed by atoms with Crippen molar-refractivity contribution in [1.29, 1.82) is 0 Å². The molecule has 0 aromatic heterocycles. The number of ether oxygens (including phenoxy) is 2. The number of amides is 2. The molecule has 2 amide bonds. The first-order valence-corrected chi connectivity index (χ1v) is 7.85. The first-order valence-electron chi connectivity index (χ1n) is 7.85. The van der Waals surface area contributed by atoms with Crippen LogP contribution in [-0.2, 0) is 11.3 Å². The van der Waals surface area contributed by atoms with Crippen LogP contribution in [0.25, 0.3) is 0 Å². The highest BCUT2D eigenvalue weighted by Crippen LogP contribution is 2.17. The fourth-order valence-electron chi connectivity index (χ4n) is 2.20. The van der Waals surface area contributed by atoms with E-state index in [9.17, 15) is 9.59 Å². The van der Waals surface area contributed by atoms with Crippen molar-refractivity contribution in [3.63, 3.8) is 0 Å². The van der Waals surface area contributed by atoms with E-state index in [2.05, 4.69) is 5.32 Å². The number of carbonyl (C=O) groups is 2. The summed E-state index contributed by atoms with van der Waals surface area (Å²) in [6.07, 6.45) is 0. The number of hydrogen-bond donors (Lipinski definition) is 1. The zero-order chi connectivity index (χ0) is 18.2. The van der Waals surface area contributed by atoms with Gasteiger partial charge in [0, 0.05) is 26.2 Å². The molecule has 6 nitrogen and oxygen atoms in total. The maximum atomic E-state index is 12.2. The molecule has 0 aliphatic carbocycles. The standard InChI is InChI=1S/C19H22N2O4/c1-20-19(23)15-6-4-14(5-7-15)12-21(2)18(22)13-25-17-10-8-16(24-3)9-11-17/h4-11H,12-13H2,1-3H3,(H,20,23). The molecular weight excluding hydrogens is 320 g/mol. The third kappa shape index (κ3) is 5.24. The first kappa shape index (κ1) is 18.3. The van der Waals surface area contributed by atoms with Crippen LogP contribution >= 0.6 is 0 Å². The van der Waals surface area contributed by atoms with Crippen LogP contribution in [0.1, 0.15) is 15.9 Å². The van der Waals surface area contributed by atoms with Gasteiger partial charge in [0.05, 0.1) is 7.11 Å². The van der Waals surface area contributed by atoms with Gasteiger partial charge in [-0.2, -0.15) is 0 Å². The third-order valence-corrected chi connectivity index (χ3v) is 3.71. The van der Waals surface area contributed by atoms with Crippen LogP contribution in [-0.4, -0.2) is 44.5 Å². The minimum atomic E-state index is -0.135. The lowest BCUT2D eigenvalue weighted by molar-refractivity contribution is -0.132. The van der Waals surface area contributed by atoms with E-state index in [0.29, 0.717) is 17.9 Å². The zero-order valence-corrected chi connectivity index (χ0v) is 14.6. The van der Waals surface area contributed by atoms with Gasteiger partial charge in [-0.3, -0.25) is 9.59 Å². The van der Waals surface area contributed by atoms with Crippen molar-refractivity contribution in [1.82, 2.24) is 10.2 Å². The zero-order valence-electron chi connectivity index (χ0n) is 14.6. The average Bonchev–Trinajstić information content (AvgIpc) is 2.66. The van der Waals surface area contributed by atoms with Gasteiger partial charge in [-0.25, -0.2) is 0 Å². The molecule has 0 fully saturated rings. The Morgan fingerprint density at radius 3 is 2.16 bits per heavy atom. The fourth-order valence-corrected chi connectivity index (χ4v) is 2.20. The molecule has 0 saturated carbocycles. The molecular formula is C19H22N2O4. The molecule has 0 heterocycles. The fraction of sp³-hybridized carbons (Fsp3) is 0.263. The van der Waals surface area contributed by atoms with E-state index < -0.39 is 0 Å². The predicted molar refractivity (Wildman–Crippen MR) is 94.8 cm³/mol. The van der Waals surface area contributed by atoms with E-state index in [0.717, 1.165) is 11.3 Å². The number of benzene rings is 2. The molecule has 25 heavy (non-hydrogen) atoms. The van der Waals surface area contributed by atoms with Gasteiger partial charge < -0.3 is 19.7 Å². The molecule has 2 aromatic carbocycles. The number of hydrogen-bond acceptors (Lipinski definition) is 4. The van der Waals surface area contributed by atoms with Crippen LogP contribution in [0.15, 0.2) is 48.5 Å². The van der Waals surface area contributed by atoms with Gasteiger partial charge in [0.1, 0.15) is 11.5 Å². The lowest BCUT2D eigenvalue weighted by Crippen LogP contribution is -2.31. The quantitative estimate of drug-likeness (QED) is 0.837. The van der Waals surface area contributed by atoms with Crippen LogP contribution in [0.4, 0.5) is 0 Å². The van der Waals surface area contributed by atoms with Crippen molar-refractivity contribution >= 4 is 11.8 Å². The summed E-state index contributed by atoms with van der Waals surface area (Å²) in [6, 6.07) is 14.2. The second-order valence-electron chi connectivity index (χ2n) is 5.49. The minimum Gasteiger partial charge on any atom is -0.497 e. The Morgan fingerprint density at radius 1 is 1.00 bits per heavy atom. The monoisotopic (exact) mass is 342 g/mol. The second-order valence-corrected chi connectivity index (χ2v) is 5.49. The number of rotatable bonds is 7. The van der Waals surface area contributed by atoms with Crippen molar-refractivity contribution in [3.05, 3.63) is 59.7 Å². The maximum Gasteiger partial charge on any atom is 0.260 e. The van der Waals surface area contributed by atoms with Gasteiger partial charge in [0.2, 0.25) is 0 Å². The molecule has 0 aliphatic heterocycles. The van der Waals surface area contributed by atoms with Gasteiger partial charge >= 0.3 is 0 Å². The highest BCUT2D eigenvalue weighted by Gasteiger charge is 2.11. The summed E-state index contributed by atoms with van der Waals surface area (Å²) < 4.78 is 10.6. The van der Waals surface area contributed by atoms with Gasteiger partial charge in [-0.15, -0.1) is 0 Å². The van der Waals surface area contributed by atoms with E-state index in [-0.39, 0.29) is 18.4 Å². The summed E-state index contributed by atoms with van der Waals surface area (Å²) in [5.74, 6) is 1.07. The topological polar surface area (TPSA) is 67.9 Å². The molecule has 0 unspecified atom stereocenters. The normalized spacial score (nSPS) is 10.0. The summed E-state index contributed by atoms with van der Waals surface area (Å²) in [5, 5.41) is 2.57. The largest absolute Gasteiger partial charge is 0.497 e. The summed E-state index contributed by atoms with van der Waals surface area (Å²) in [5.41, 5.74) is 1.52. The number of nitrogens with zero attached hydrogens (tertiary/aromatic N) is 1. The molecule has 0 aliphatic rings. The molecule has 0 radical (unpaired) electrons. The Balaban J connectivity index is 1.85. The minimum absolute atomic E-state index is 0.0425. The van der Waals surface area contributed by atoms with Gasteiger partial charge in [0.15, 0.2) is 6.61 Å². The summed E-state index contributed by atoms with van der Waals surface area (Å²) in [4.78, 5) is 25.3. The van der Waals surface area contributed by atoms with E-state index in [1.807, 2.05) is 12.1 Å². The van der Waals surface area contributed by atoms with E-state index >= 15 is 0 Å². The van der Waals surface area contributed by atoms with Crippen LogP contribution in [0, 0.1) is 0 Å². The van der Waals surface area contributed by atoms with Crippen LogP contribution < -0.4 is 14.8 Å². The second kappa shape index (κ2) is 8.73. The lowest BCUT2D eigenvalue weighted by Gasteiger charge is -2.18. The smallest absolute Gasteiger partial charge is 0.260 e. The Morgan fingerprint density at radius 2 is 1.60 bits per heavy atom. The molecule has 2 aromatic rings. The maximum absolute atomic E-state index is 12.2. The number of methoxy groups -OCH3 is 1. The Labute approximate surface area is 147 Å². The van der Waals surface area contributed by atoms with Crippen LogP contribution in [0.5, 0.6) is 11.5 Å². The third-order valence-electron chi connectivity index (χ3n) is 3.71. The molecule has 1 N–H and O–H groups in total. The Bertz CT molecular complexity index is 711. The Kier molecular flexibility index (Phi) is 6.39. The number of likely N-dealkylation sites (N-methyl/N-ethyl adjacent to an activating group) is 1. The highest BCUT2D eigenvalue weighted by molar-refractivity contribution is 5.93.